The molecule has 4 heteroatoms. The molecule has 0 amide bonds. The molecule has 1 aliphatic rings. The normalized spacial score (nSPS) is 16.9. The summed E-state index contributed by atoms with van der Waals surface area (Å²) in [7, 11) is 6.30. The Morgan fingerprint density at radius 1 is 1.30 bits per heavy atom. The van der Waals surface area contributed by atoms with Gasteiger partial charge in [0.2, 0.25) is 0 Å². The molecule has 1 N–H and O–H groups in total. The summed E-state index contributed by atoms with van der Waals surface area (Å²) < 4.78 is 0. The maximum atomic E-state index is 6.44. The number of hydrogen-bond acceptors (Lipinski definition) is 3. The lowest BCUT2D eigenvalue weighted by atomic mass is 9.95. The second kappa shape index (κ2) is 7.30. The summed E-state index contributed by atoms with van der Waals surface area (Å²) in [6.07, 6.45) is 2.50. The van der Waals surface area contributed by atoms with Crippen LogP contribution in [0, 0.1) is 5.92 Å². The third kappa shape index (κ3) is 3.87. The van der Waals surface area contributed by atoms with Crippen LogP contribution < -0.4 is 10.2 Å². The van der Waals surface area contributed by atoms with Gasteiger partial charge in [0.15, 0.2) is 0 Å². The van der Waals surface area contributed by atoms with Gasteiger partial charge in [-0.2, -0.15) is 0 Å². The second-order valence-corrected chi connectivity index (χ2v) is 6.38. The summed E-state index contributed by atoms with van der Waals surface area (Å²) >= 11 is 6.44. The van der Waals surface area contributed by atoms with Crippen LogP contribution in [0.3, 0.4) is 0 Å². The topological polar surface area (TPSA) is 18.5 Å². The molecule has 1 saturated heterocycles. The first kappa shape index (κ1) is 15.6. The highest BCUT2D eigenvalue weighted by Crippen LogP contribution is 2.33. The van der Waals surface area contributed by atoms with Gasteiger partial charge in [-0.05, 0) is 51.5 Å². The highest BCUT2D eigenvalue weighted by Gasteiger charge is 2.22. The number of rotatable bonds is 5. The van der Waals surface area contributed by atoms with Crippen molar-refractivity contribution < 1.29 is 0 Å². The maximum Gasteiger partial charge on any atom is 0.0642 e. The number of benzene rings is 1. The molecule has 0 bridgehead atoms. The molecule has 0 saturated carbocycles. The quantitative estimate of drug-likeness (QED) is 0.901. The van der Waals surface area contributed by atoms with Crippen LogP contribution in [0.2, 0.25) is 5.02 Å². The number of halogens is 1. The average Bonchev–Trinajstić information content (AvgIpc) is 2.40. The van der Waals surface area contributed by atoms with Gasteiger partial charge >= 0.3 is 0 Å². The van der Waals surface area contributed by atoms with E-state index in [4.69, 9.17) is 11.6 Å². The molecule has 0 aromatic heterocycles. The molecule has 0 atom stereocenters. The van der Waals surface area contributed by atoms with E-state index in [0.29, 0.717) is 0 Å². The van der Waals surface area contributed by atoms with Crippen LogP contribution in [-0.4, -0.2) is 45.7 Å². The molecule has 0 radical (unpaired) electrons. The molecule has 112 valence electrons. The maximum absolute atomic E-state index is 6.44. The van der Waals surface area contributed by atoms with Crippen molar-refractivity contribution in [2.24, 2.45) is 5.92 Å². The molecule has 0 spiro atoms. The number of nitrogens with one attached hydrogen (secondary N) is 1. The molecule has 1 heterocycles. The van der Waals surface area contributed by atoms with Crippen molar-refractivity contribution in [3.63, 3.8) is 0 Å². The monoisotopic (exact) mass is 295 g/mol. The van der Waals surface area contributed by atoms with Gasteiger partial charge in [0.25, 0.3) is 0 Å². The first-order valence-electron chi connectivity index (χ1n) is 7.43. The smallest absolute Gasteiger partial charge is 0.0642 e. The third-order valence-corrected chi connectivity index (χ3v) is 4.30. The van der Waals surface area contributed by atoms with Crippen LogP contribution in [-0.2, 0) is 6.54 Å². The zero-order valence-corrected chi connectivity index (χ0v) is 13.6. The van der Waals surface area contributed by atoms with Crippen LogP contribution in [0.15, 0.2) is 18.2 Å². The zero-order chi connectivity index (χ0) is 14.5. The number of para-hydroxylation sites is 1. The minimum absolute atomic E-state index is 0.816. The Hall–Kier alpha value is -0.770. The first-order chi connectivity index (χ1) is 9.61. The van der Waals surface area contributed by atoms with Crippen LogP contribution in [0.4, 0.5) is 5.69 Å². The number of nitrogens with zero attached hydrogens (tertiary/aromatic N) is 2. The van der Waals surface area contributed by atoms with Crippen molar-refractivity contribution in [1.29, 1.82) is 0 Å². The molecule has 2 rings (SSSR count). The predicted octanol–water partition coefficient (Wildman–Crippen LogP) is 2.84. The van der Waals surface area contributed by atoms with E-state index in [0.717, 1.165) is 30.6 Å². The van der Waals surface area contributed by atoms with Crippen LogP contribution in [0.1, 0.15) is 18.4 Å². The summed E-state index contributed by atoms with van der Waals surface area (Å²) in [5, 5.41) is 4.11. The summed E-state index contributed by atoms with van der Waals surface area (Å²) in [5.41, 5.74) is 2.53. The predicted molar refractivity (Wildman–Crippen MR) is 87.7 cm³/mol. The molecule has 20 heavy (non-hydrogen) atoms. The van der Waals surface area contributed by atoms with Gasteiger partial charge in [-0.3, -0.25) is 0 Å². The van der Waals surface area contributed by atoms with Crippen LogP contribution >= 0.6 is 11.6 Å². The van der Waals surface area contributed by atoms with Gasteiger partial charge in [0.1, 0.15) is 0 Å². The lowest BCUT2D eigenvalue weighted by Gasteiger charge is -2.36. The van der Waals surface area contributed by atoms with Crippen molar-refractivity contribution >= 4 is 17.3 Å². The van der Waals surface area contributed by atoms with Gasteiger partial charge in [0, 0.05) is 26.2 Å². The van der Waals surface area contributed by atoms with Crippen molar-refractivity contribution in [2.75, 3.05) is 45.7 Å². The average molecular weight is 296 g/mol. The fourth-order valence-electron chi connectivity index (χ4n) is 3.10. The Bertz CT molecular complexity index is 426. The molecule has 1 aliphatic heterocycles. The molecule has 1 aromatic rings. The molecule has 0 aliphatic carbocycles. The summed E-state index contributed by atoms with van der Waals surface area (Å²) in [6, 6.07) is 6.21. The van der Waals surface area contributed by atoms with E-state index < -0.39 is 0 Å². The van der Waals surface area contributed by atoms with Crippen molar-refractivity contribution in [3.05, 3.63) is 28.8 Å². The summed E-state index contributed by atoms with van der Waals surface area (Å²) in [4.78, 5) is 4.75. The minimum atomic E-state index is 0.816. The standard InChI is InChI=1S/C16H26ClN3/c1-18-11-14-5-4-6-15(17)16(14)20-9-7-13(8-10-20)12-19(2)3/h4-6,13,18H,7-12H2,1-3H3. The zero-order valence-electron chi connectivity index (χ0n) is 12.8. The van der Waals surface area contributed by atoms with Gasteiger partial charge in [-0.1, -0.05) is 23.7 Å². The molecule has 1 fully saturated rings. The highest BCUT2D eigenvalue weighted by molar-refractivity contribution is 6.33. The Morgan fingerprint density at radius 3 is 2.60 bits per heavy atom. The minimum Gasteiger partial charge on any atom is -0.370 e. The molecule has 3 nitrogen and oxygen atoms in total. The van der Waals surface area contributed by atoms with E-state index in [2.05, 4.69) is 35.3 Å². The SMILES string of the molecule is CNCc1cccc(Cl)c1N1CCC(CN(C)C)CC1. The highest BCUT2D eigenvalue weighted by atomic mass is 35.5. The van der Waals surface area contributed by atoms with Gasteiger partial charge < -0.3 is 15.1 Å². The third-order valence-electron chi connectivity index (χ3n) is 3.99. The largest absolute Gasteiger partial charge is 0.370 e. The second-order valence-electron chi connectivity index (χ2n) is 5.97. The molecular formula is C16H26ClN3. The fourth-order valence-corrected chi connectivity index (χ4v) is 3.42. The Kier molecular flexibility index (Phi) is 5.70. The summed E-state index contributed by atoms with van der Waals surface area (Å²) in [6.45, 7) is 4.28. The van der Waals surface area contributed by atoms with Crippen LogP contribution in [0.5, 0.6) is 0 Å². The van der Waals surface area contributed by atoms with Crippen LogP contribution in [0.25, 0.3) is 0 Å². The summed E-state index contributed by atoms with van der Waals surface area (Å²) in [5.74, 6) is 0.816. The van der Waals surface area contributed by atoms with Gasteiger partial charge in [0.05, 0.1) is 10.7 Å². The Morgan fingerprint density at radius 2 is 2.00 bits per heavy atom. The van der Waals surface area contributed by atoms with Crippen molar-refractivity contribution in [3.8, 4) is 0 Å². The first-order valence-corrected chi connectivity index (χ1v) is 7.81. The number of hydrogen-bond donors (Lipinski definition) is 1. The fraction of sp³-hybridized carbons (Fsp3) is 0.625. The number of piperidine rings is 1. The molecule has 1 aromatic carbocycles. The van der Waals surface area contributed by atoms with E-state index in [1.807, 2.05) is 19.2 Å². The van der Waals surface area contributed by atoms with Gasteiger partial charge in [-0.15, -0.1) is 0 Å². The lowest BCUT2D eigenvalue weighted by Crippen LogP contribution is -2.37. The van der Waals surface area contributed by atoms with E-state index in [-0.39, 0.29) is 0 Å². The Labute approximate surface area is 127 Å². The van der Waals surface area contributed by atoms with E-state index >= 15 is 0 Å². The van der Waals surface area contributed by atoms with E-state index in [1.165, 1.54) is 30.6 Å². The lowest BCUT2D eigenvalue weighted by molar-refractivity contribution is 0.285. The Balaban J connectivity index is 2.06. The van der Waals surface area contributed by atoms with Gasteiger partial charge in [-0.25, -0.2) is 0 Å². The van der Waals surface area contributed by atoms with Crippen molar-refractivity contribution in [1.82, 2.24) is 10.2 Å². The molecule has 0 unspecified atom stereocenters. The van der Waals surface area contributed by atoms with E-state index in [9.17, 15) is 0 Å². The van der Waals surface area contributed by atoms with E-state index in [1.54, 1.807) is 0 Å². The van der Waals surface area contributed by atoms with Crippen molar-refractivity contribution in [2.45, 2.75) is 19.4 Å². The number of anilines is 1. The molecular weight excluding hydrogens is 270 g/mol.